The second-order valence-corrected chi connectivity index (χ2v) is 10.6. The van der Waals surface area contributed by atoms with Crippen molar-refractivity contribution in [3.8, 4) is 0 Å². The number of amides is 1. The molecule has 1 aliphatic rings. The molecule has 1 aromatic heterocycles. The normalized spacial score (nSPS) is 17.0. The molecule has 30 heavy (non-hydrogen) atoms. The Morgan fingerprint density at radius 2 is 1.93 bits per heavy atom. The van der Waals surface area contributed by atoms with Crippen molar-refractivity contribution in [3.05, 3.63) is 40.9 Å². The number of sulfonamides is 1. The number of carbonyl (C=O) groups is 1. The molecule has 2 N–H and O–H groups in total. The average Bonchev–Trinajstić information content (AvgIpc) is 3.16. The maximum atomic E-state index is 12.5. The van der Waals surface area contributed by atoms with Gasteiger partial charge in [-0.1, -0.05) is 13.8 Å². The monoisotopic (exact) mass is 450 g/mol. The van der Waals surface area contributed by atoms with Crippen molar-refractivity contribution >= 4 is 32.4 Å². The fraction of sp³-hybridized carbons (Fsp3) is 0.524. The van der Waals surface area contributed by atoms with Crippen LogP contribution < -0.4 is 10.0 Å². The van der Waals surface area contributed by atoms with Gasteiger partial charge in [-0.25, -0.2) is 18.1 Å². The second-order valence-electron chi connectivity index (χ2n) is 8.01. The van der Waals surface area contributed by atoms with E-state index in [0.29, 0.717) is 17.1 Å². The minimum Gasteiger partial charge on any atom is -0.298 e. The molecule has 0 unspecified atom stereocenters. The lowest BCUT2D eigenvalue weighted by Crippen LogP contribution is -2.32. The van der Waals surface area contributed by atoms with Crippen LogP contribution in [-0.4, -0.2) is 43.3 Å². The fourth-order valence-corrected chi connectivity index (χ4v) is 5.28. The van der Waals surface area contributed by atoms with Gasteiger partial charge in [0, 0.05) is 23.5 Å². The van der Waals surface area contributed by atoms with Crippen LogP contribution >= 0.6 is 11.3 Å². The summed E-state index contributed by atoms with van der Waals surface area (Å²) in [6.07, 6.45) is 3.13. The lowest BCUT2D eigenvalue weighted by molar-refractivity contribution is 0.102. The number of benzene rings is 1. The molecular formula is C21H30N4O3S2. The van der Waals surface area contributed by atoms with Crippen LogP contribution in [0.4, 0.5) is 5.13 Å². The molecule has 1 fully saturated rings. The summed E-state index contributed by atoms with van der Waals surface area (Å²) in [7, 11) is -3.58. The van der Waals surface area contributed by atoms with Gasteiger partial charge in [-0.2, -0.15) is 0 Å². The third kappa shape index (κ3) is 6.10. The van der Waals surface area contributed by atoms with Crippen LogP contribution in [0.25, 0.3) is 0 Å². The van der Waals surface area contributed by atoms with Crippen LogP contribution in [0, 0.1) is 5.92 Å². The van der Waals surface area contributed by atoms with E-state index in [2.05, 4.69) is 26.8 Å². The minimum absolute atomic E-state index is 0.145. The summed E-state index contributed by atoms with van der Waals surface area (Å²) in [5.74, 6) is 0.486. The Balaban J connectivity index is 1.58. The van der Waals surface area contributed by atoms with Crippen LogP contribution in [0.3, 0.4) is 0 Å². The van der Waals surface area contributed by atoms with Gasteiger partial charge in [-0.05, 0) is 69.5 Å². The van der Waals surface area contributed by atoms with Crippen molar-refractivity contribution in [1.29, 1.82) is 0 Å². The molecule has 1 aromatic carbocycles. The minimum atomic E-state index is -3.58. The Bertz CT molecular complexity index is 949. The number of nitrogens with one attached hydrogen (secondary N) is 2. The zero-order valence-electron chi connectivity index (χ0n) is 17.7. The van der Waals surface area contributed by atoms with E-state index in [1.807, 2.05) is 19.2 Å². The molecule has 0 aliphatic carbocycles. The summed E-state index contributed by atoms with van der Waals surface area (Å²) in [6.45, 7) is 8.99. The predicted octanol–water partition coefficient (Wildman–Crippen LogP) is 3.70. The van der Waals surface area contributed by atoms with E-state index in [1.165, 1.54) is 48.4 Å². The number of anilines is 1. The summed E-state index contributed by atoms with van der Waals surface area (Å²) in [4.78, 5) is 19.6. The standard InChI is InChI=1S/C21H30N4O3S2/c1-4-16(3)24-30(27,28)19-7-5-17(6-8-19)20(26)23-21-22-18(14-29-21)13-25-11-9-15(2)10-12-25/h5-8,14-16,24H,4,9-13H2,1-3H3,(H,22,23,26)/t16-/m1/s1. The number of carbonyl (C=O) groups excluding carboxylic acids is 1. The van der Waals surface area contributed by atoms with Crippen molar-refractivity contribution in [2.75, 3.05) is 18.4 Å². The lowest BCUT2D eigenvalue weighted by atomic mass is 9.99. The second kappa shape index (κ2) is 10.00. The van der Waals surface area contributed by atoms with Crippen molar-refractivity contribution in [2.24, 2.45) is 5.92 Å². The van der Waals surface area contributed by atoms with Crippen LogP contribution in [0.15, 0.2) is 34.5 Å². The third-order valence-electron chi connectivity index (χ3n) is 5.43. The topological polar surface area (TPSA) is 91.4 Å². The summed E-state index contributed by atoms with van der Waals surface area (Å²) < 4.78 is 27.3. The van der Waals surface area contributed by atoms with Crippen molar-refractivity contribution in [1.82, 2.24) is 14.6 Å². The molecule has 1 aliphatic heterocycles. The van der Waals surface area contributed by atoms with Crippen molar-refractivity contribution in [2.45, 2.75) is 57.5 Å². The molecule has 0 radical (unpaired) electrons. The first-order valence-corrected chi connectivity index (χ1v) is 12.7. The molecule has 1 atom stereocenters. The Labute approximate surface area is 183 Å². The molecule has 2 heterocycles. The first kappa shape index (κ1) is 22.9. The van der Waals surface area contributed by atoms with E-state index < -0.39 is 10.0 Å². The number of hydrogen-bond donors (Lipinski definition) is 2. The van der Waals surface area contributed by atoms with Crippen LogP contribution in [-0.2, 0) is 16.6 Å². The summed E-state index contributed by atoms with van der Waals surface area (Å²) in [5.41, 5.74) is 1.35. The van der Waals surface area contributed by atoms with Crippen LogP contribution in [0.5, 0.6) is 0 Å². The smallest absolute Gasteiger partial charge is 0.257 e. The van der Waals surface area contributed by atoms with Gasteiger partial charge in [-0.15, -0.1) is 11.3 Å². The molecule has 2 aromatic rings. The highest BCUT2D eigenvalue weighted by Gasteiger charge is 2.19. The molecule has 1 amide bonds. The highest BCUT2D eigenvalue weighted by Crippen LogP contribution is 2.21. The molecule has 1 saturated heterocycles. The Hall–Kier alpha value is -1.81. The average molecular weight is 451 g/mol. The van der Waals surface area contributed by atoms with E-state index >= 15 is 0 Å². The third-order valence-corrected chi connectivity index (χ3v) is 7.84. The van der Waals surface area contributed by atoms with E-state index in [0.717, 1.165) is 31.2 Å². The van der Waals surface area contributed by atoms with E-state index in [-0.39, 0.29) is 16.8 Å². The summed E-state index contributed by atoms with van der Waals surface area (Å²) >= 11 is 1.40. The number of aromatic nitrogens is 1. The highest BCUT2D eigenvalue weighted by molar-refractivity contribution is 7.89. The Morgan fingerprint density at radius 1 is 1.27 bits per heavy atom. The van der Waals surface area contributed by atoms with Crippen molar-refractivity contribution < 1.29 is 13.2 Å². The number of rotatable bonds is 8. The Kier molecular flexibility index (Phi) is 7.62. The quantitative estimate of drug-likeness (QED) is 0.640. The molecule has 164 valence electrons. The van der Waals surface area contributed by atoms with E-state index in [9.17, 15) is 13.2 Å². The number of piperidine rings is 1. The maximum absolute atomic E-state index is 12.5. The maximum Gasteiger partial charge on any atom is 0.257 e. The number of nitrogens with zero attached hydrogens (tertiary/aromatic N) is 2. The van der Waals surface area contributed by atoms with Gasteiger partial charge in [-0.3, -0.25) is 15.0 Å². The lowest BCUT2D eigenvalue weighted by Gasteiger charge is -2.29. The van der Waals surface area contributed by atoms with Gasteiger partial charge in [0.15, 0.2) is 5.13 Å². The largest absolute Gasteiger partial charge is 0.298 e. The molecule has 7 nitrogen and oxygen atoms in total. The molecule has 9 heteroatoms. The number of thiazole rings is 1. The predicted molar refractivity (Wildman–Crippen MR) is 120 cm³/mol. The summed E-state index contributed by atoms with van der Waals surface area (Å²) in [6, 6.07) is 5.79. The van der Waals surface area contributed by atoms with Crippen molar-refractivity contribution in [3.63, 3.8) is 0 Å². The summed E-state index contributed by atoms with van der Waals surface area (Å²) in [5, 5.41) is 5.33. The Morgan fingerprint density at radius 3 is 2.57 bits per heavy atom. The molecule has 0 spiro atoms. The number of likely N-dealkylation sites (tertiary alicyclic amines) is 1. The van der Waals surface area contributed by atoms with E-state index in [1.54, 1.807) is 0 Å². The van der Waals surface area contributed by atoms with Gasteiger partial charge < -0.3 is 0 Å². The van der Waals surface area contributed by atoms with Gasteiger partial charge in [0.2, 0.25) is 10.0 Å². The van der Waals surface area contributed by atoms with Gasteiger partial charge in [0.1, 0.15) is 0 Å². The van der Waals surface area contributed by atoms with E-state index in [4.69, 9.17) is 0 Å². The molecule has 3 rings (SSSR count). The highest BCUT2D eigenvalue weighted by atomic mass is 32.2. The fourth-order valence-electron chi connectivity index (χ4n) is 3.26. The molecule has 0 bridgehead atoms. The van der Waals surface area contributed by atoms with Gasteiger partial charge in [0.05, 0.1) is 10.6 Å². The van der Waals surface area contributed by atoms with Crippen LogP contribution in [0.1, 0.15) is 56.1 Å². The first-order chi connectivity index (χ1) is 14.3. The van der Waals surface area contributed by atoms with Crippen LogP contribution in [0.2, 0.25) is 0 Å². The van der Waals surface area contributed by atoms with Gasteiger partial charge in [0.25, 0.3) is 5.91 Å². The molecular weight excluding hydrogens is 420 g/mol. The molecule has 0 saturated carbocycles. The first-order valence-electron chi connectivity index (χ1n) is 10.4. The zero-order chi connectivity index (χ0) is 21.7. The number of hydrogen-bond acceptors (Lipinski definition) is 6. The van der Waals surface area contributed by atoms with Gasteiger partial charge >= 0.3 is 0 Å². The zero-order valence-corrected chi connectivity index (χ0v) is 19.4. The SMILES string of the molecule is CC[C@@H](C)NS(=O)(=O)c1ccc(C(=O)Nc2nc(CN3CCC(C)CC3)cs2)cc1.